The average molecular weight is 311 g/mol. The average Bonchev–Trinajstić information content (AvgIpc) is 2.84. The number of hydrogen-bond donors (Lipinski definition) is 1. The van der Waals surface area contributed by atoms with Crippen molar-refractivity contribution < 1.29 is 19.1 Å². The maximum atomic E-state index is 12.2. The van der Waals surface area contributed by atoms with E-state index in [1.165, 1.54) is 0 Å². The molecule has 1 amide bonds. The lowest BCUT2D eigenvalue weighted by atomic mass is 10.1. The monoisotopic (exact) mass is 311 g/mol. The third-order valence-corrected chi connectivity index (χ3v) is 3.88. The number of esters is 1. The zero-order valence-electron chi connectivity index (χ0n) is 13.0. The lowest BCUT2D eigenvalue weighted by molar-refractivity contribution is -0.153. The number of fused-ring (bicyclic) bond motifs is 1. The van der Waals surface area contributed by atoms with Crippen molar-refractivity contribution in [1.82, 2.24) is 0 Å². The van der Waals surface area contributed by atoms with E-state index in [-0.39, 0.29) is 12.3 Å². The Morgan fingerprint density at radius 1 is 1.22 bits per heavy atom. The molecule has 0 saturated heterocycles. The van der Waals surface area contributed by atoms with Gasteiger partial charge in [-0.25, -0.2) is 0 Å². The summed E-state index contributed by atoms with van der Waals surface area (Å²) < 4.78 is 10.5. The van der Waals surface area contributed by atoms with E-state index >= 15 is 0 Å². The van der Waals surface area contributed by atoms with Gasteiger partial charge in [0.05, 0.1) is 19.2 Å². The number of amides is 1. The van der Waals surface area contributed by atoms with E-state index in [9.17, 15) is 9.59 Å². The van der Waals surface area contributed by atoms with Crippen molar-refractivity contribution in [1.29, 1.82) is 0 Å². The van der Waals surface area contributed by atoms with E-state index in [1.54, 1.807) is 25.3 Å². The Morgan fingerprint density at radius 3 is 2.74 bits per heavy atom. The van der Waals surface area contributed by atoms with Gasteiger partial charge >= 0.3 is 5.97 Å². The Kier molecular flexibility index (Phi) is 4.02. The minimum atomic E-state index is -0.910. The fourth-order valence-corrected chi connectivity index (χ4v) is 2.59. The molecule has 0 radical (unpaired) electrons. The van der Waals surface area contributed by atoms with Crippen LogP contribution in [-0.2, 0) is 20.7 Å². The van der Waals surface area contributed by atoms with Gasteiger partial charge in [-0.15, -0.1) is 0 Å². The van der Waals surface area contributed by atoms with Crippen molar-refractivity contribution in [2.24, 2.45) is 0 Å². The molecule has 0 unspecified atom stereocenters. The van der Waals surface area contributed by atoms with Crippen LogP contribution in [0.1, 0.15) is 22.8 Å². The molecule has 3 rings (SSSR count). The van der Waals surface area contributed by atoms with Crippen LogP contribution in [0.25, 0.3) is 0 Å². The van der Waals surface area contributed by atoms with Gasteiger partial charge in [-0.2, -0.15) is 0 Å². The molecule has 1 N–H and O–H groups in total. The first-order valence-electron chi connectivity index (χ1n) is 7.31. The van der Waals surface area contributed by atoms with E-state index in [4.69, 9.17) is 9.47 Å². The van der Waals surface area contributed by atoms with Gasteiger partial charge < -0.3 is 14.8 Å². The van der Waals surface area contributed by atoms with Crippen molar-refractivity contribution in [3.05, 3.63) is 59.2 Å². The lowest BCUT2D eigenvalue weighted by Gasteiger charge is -2.12. The minimum Gasteiger partial charge on any atom is -0.497 e. The van der Waals surface area contributed by atoms with Crippen molar-refractivity contribution in [2.45, 2.75) is 19.4 Å². The van der Waals surface area contributed by atoms with Crippen LogP contribution in [-0.4, -0.2) is 19.0 Å². The smallest absolute Gasteiger partial charge is 0.311 e. The maximum Gasteiger partial charge on any atom is 0.311 e. The molecule has 0 aromatic heterocycles. The van der Waals surface area contributed by atoms with E-state index in [0.717, 1.165) is 11.1 Å². The molecule has 1 atom stereocenters. The molecule has 5 heteroatoms. The number of aryl methyl sites for hydroxylation is 1. The molecular formula is C18H17NO4. The third-order valence-electron chi connectivity index (χ3n) is 3.88. The fourth-order valence-electron chi connectivity index (χ4n) is 2.59. The number of benzene rings is 2. The number of carbonyl (C=O) groups excluding carboxylic acids is 2. The van der Waals surface area contributed by atoms with Crippen molar-refractivity contribution in [3.63, 3.8) is 0 Å². The Morgan fingerprint density at radius 2 is 2.00 bits per heavy atom. The first kappa shape index (κ1) is 15.1. The SMILES string of the molecule is COc1ccc2c(c1)NC(=O)[C@H]2OC(=O)Cc1ccccc1C. The summed E-state index contributed by atoms with van der Waals surface area (Å²) in [5.41, 5.74) is 3.17. The highest BCUT2D eigenvalue weighted by atomic mass is 16.5. The molecule has 0 saturated carbocycles. The Labute approximate surface area is 134 Å². The van der Waals surface area contributed by atoms with Crippen LogP contribution >= 0.6 is 0 Å². The van der Waals surface area contributed by atoms with Crippen LogP contribution in [0.4, 0.5) is 5.69 Å². The lowest BCUT2D eigenvalue weighted by Crippen LogP contribution is -2.20. The first-order valence-corrected chi connectivity index (χ1v) is 7.31. The van der Waals surface area contributed by atoms with Gasteiger partial charge in [-0.1, -0.05) is 24.3 Å². The molecule has 1 aliphatic rings. The van der Waals surface area contributed by atoms with Gasteiger partial charge in [-0.05, 0) is 30.2 Å². The molecule has 0 fully saturated rings. The zero-order chi connectivity index (χ0) is 16.4. The second-order valence-electron chi connectivity index (χ2n) is 5.42. The second-order valence-corrected chi connectivity index (χ2v) is 5.42. The standard InChI is InChI=1S/C18H17NO4/c1-11-5-3-4-6-12(11)9-16(20)23-17-14-8-7-13(22-2)10-15(14)19-18(17)21/h3-8,10,17H,9H2,1-2H3,(H,19,21)/t17-/m0/s1. The normalized spacial score (nSPS) is 15.7. The molecule has 1 heterocycles. The second kappa shape index (κ2) is 6.12. The zero-order valence-corrected chi connectivity index (χ0v) is 13.0. The summed E-state index contributed by atoms with van der Waals surface area (Å²) in [4.78, 5) is 24.2. The molecule has 23 heavy (non-hydrogen) atoms. The Balaban J connectivity index is 1.75. The predicted octanol–water partition coefficient (Wildman–Crippen LogP) is 2.78. The summed E-state index contributed by atoms with van der Waals surface area (Å²) in [5, 5.41) is 2.71. The number of rotatable bonds is 4. The number of carbonyl (C=O) groups is 2. The molecule has 1 aliphatic heterocycles. The summed E-state index contributed by atoms with van der Waals surface area (Å²) in [6.45, 7) is 1.94. The van der Waals surface area contributed by atoms with E-state index in [2.05, 4.69) is 5.32 Å². The maximum absolute atomic E-state index is 12.2. The largest absolute Gasteiger partial charge is 0.497 e. The topological polar surface area (TPSA) is 64.6 Å². The first-order chi connectivity index (χ1) is 11.1. The van der Waals surface area contributed by atoms with Gasteiger partial charge in [-0.3, -0.25) is 9.59 Å². The highest BCUT2D eigenvalue weighted by Gasteiger charge is 2.34. The van der Waals surface area contributed by atoms with Gasteiger partial charge in [0.25, 0.3) is 5.91 Å². The van der Waals surface area contributed by atoms with Crippen molar-refractivity contribution >= 4 is 17.6 Å². The molecule has 5 nitrogen and oxygen atoms in total. The van der Waals surface area contributed by atoms with Crippen LogP contribution in [0.3, 0.4) is 0 Å². The van der Waals surface area contributed by atoms with Crippen LogP contribution in [0, 0.1) is 6.92 Å². The fraction of sp³-hybridized carbons (Fsp3) is 0.222. The number of hydrogen-bond acceptors (Lipinski definition) is 4. The van der Waals surface area contributed by atoms with Gasteiger partial charge in [0.2, 0.25) is 6.10 Å². The van der Waals surface area contributed by atoms with Crippen LogP contribution in [0.5, 0.6) is 5.75 Å². The molecule has 118 valence electrons. The number of anilines is 1. The molecule has 0 bridgehead atoms. The van der Waals surface area contributed by atoms with Gasteiger partial charge in [0.1, 0.15) is 5.75 Å². The van der Waals surface area contributed by atoms with E-state index < -0.39 is 12.1 Å². The molecule has 2 aromatic rings. The summed E-state index contributed by atoms with van der Waals surface area (Å²) in [7, 11) is 1.55. The highest BCUT2D eigenvalue weighted by Crippen LogP contribution is 2.36. The summed E-state index contributed by atoms with van der Waals surface area (Å²) in [5.74, 6) is -0.134. The number of methoxy groups -OCH3 is 1. The highest BCUT2D eigenvalue weighted by molar-refractivity contribution is 6.03. The van der Waals surface area contributed by atoms with Gasteiger partial charge in [0, 0.05) is 11.6 Å². The van der Waals surface area contributed by atoms with E-state index in [0.29, 0.717) is 17.0 Å². The molecule has 0 aliphatic carbocycles. The summed E-state index contributed by atoms with van der Waals surface area (Å²) >= 11 is 0. The predicted molar refractivity (Wildman–Crippen MR) is 85.3 cm³/mol. The quantitative estimate of drug-likeness (QED) is 0.882. The van der Waals surface area contributed by atoms with E-state index in [1.807, 2.05) is 31.2 Å². The summed E-state index contributed by atoms with van der Waals surface area (Å²) in [6, 6.07) is 12.8. The minimum absolute atomic E-state index is 0.141. The van der Waals surface area contributed by atoms with Crippen LogP contribution in [0.2, 0.25) is 0 Å². The van der Waals surface area contributed by atoms with Crippen molar-refractivity contribution in [2.75, 3.05) is 12.4 Å². The molecule has 2 aromatic carbocycles. The van der Waals surface area contributed by atoms with Gasteiger partial charge in [0.15, 0.2) is 0 Å². The number of ether oxygens (including phenoxy) is 2. The van der Waals surface area contributed by atoms with Crippen LogP contribution < -0.4 is 10.1 Å². The third kappa shape index (κ3) is 3.04. The van der Waals surface area contributed by atoms with Crippen LogP contribution in [0.15, 0.2) is 42.5 Å². The van der Waals surface area contributed by atoms with Crippen molar-refractivity contribution in [3.8, 4) is 5.75 Å². The summed E-state index contributed by atoms with van der Waals surface area (Å²) in [6.07, 6.45) is -0.769. The molecule has 0 spiro atoms. The number of nitrogens with one attached hydrogen (secondary N) is 1. The Hall–Kier alpha value is -2.82. The molecular weight excluding hydrogens is 294 g/mol. The Bertz CT molecular complexity index is 769.